The Morgan fingerprint density at radius 3 is 2.33 bits per heavy atom. The Morgan fingerprint density at radius 2 is 1.62 bits per heavy atom. The van der Waals surface area contributed by atoms with E-state index in [0.717, 1.165) is 54.2 Å². The second-order valence-corrected chi connectivity index (χ2v) is 12.1. The summed E-state index contributed by atoms with van der Waals surface area (Å²) in [5.41, 5.74) is 7.03. The van der Waals surface area contributed by atoms with Crippen LogP contribution in [0.15, 0.2) is 85.2 Å². The summed E-state index contributed by atoms with van der Waals surface area (Å²) in [6.45, 7) is 8.65. The van der Waals surface area contributed by atoms with Crippen LogP contribution in [0.25, 0.3) is 0 Å². The Hall–Kier alpha value is -5.50. The molecule has 2 heterocycles. The van der Waals surface area contributed by atoms with Gasteiger partial charge in [-0.05, 0) is 88.6 Å². The van der Waals surface area contributed by atoms with Gasteiger partial charge in [0.2, 0.25) is 11.9 Å². The first-order valence-electron chi connectivity index (χ1n) is 15.9. The standard InChI is InChI=1S/C38H42N8O2/c1-27-11-13-31(37(48)41-32-15-17-33(18-16-32)46-22-20-45(5)21-23-46)24-30(27)14-12-29-25-39-38(40-26-29)43-36-28(2)8-6-9-34(36)42-35(47)10-7-19-44(3)4/h6-11,13,15-18,24-26H,19-23H2,1-5H3,(H,41,48)(H,42,47)(H,39,40,43)/b10-7+. The van der Waals surface area contributed by atoms with Gasteiger partial charge < -0.3 is 30.7 Å². The molecule has 3 N–H and O–H groups in total. The molecule has 1 saturated heterocycles. The van der Waals surface area contributed by atoms with Gasteiger partial charge in [-0.3, -0.25) is 9.59 Å². The Bertz CT molecular complexity index is 1830. The van der Waals surface area contributed by atoms with Crippen LogP contribution in [0.1, 0.15) is 32.6 Å². The normalized spacial score (nSPS) is 13.2. The van der Waals surface area contributed by atoms with E-state index < -0.39 is 0 Å². The number of nitrogens with one attached hydrogen (secondary N) is 3. The average Bonchev–Trinajstić information content (AvgIpc) is 3.07. The van der Waals surface area contributed by atoms with E-state index in [1.807, 2.05) is 75.3 Å². The fourth-order valence-electron chi connectivity index (χ4n) is 5.11. The zero-order valence-electron chi connectivity index (χ0n) is 28.2. The number of rotatable bonds is 9. The third kappa shape index (κ3) is 9.28. The van der Waals surface area contributed by atoms with Gasteiger partial charge >= 0.3 is 0 Å². The van der Waals surface area contributed by atoms with Crippen molar-refractivity contribution in [2.45, 2.75) is 13.8 Å². The smallest absolute Gasteiger partial charge is 0.255 e. The predicted molar refractivity (Wildman–Crippen MR) is 194 cm³/mol. The van der Waals surface area contributed by atoms with Gasteiger partial charge in [0.15, 0.2) is 0 Å². The first-order chi connectivity index (χ1) is 23.1. The van der Waals surface area contributed by atoms with Crippen LogP contribution in [-0.2, 0) is 4.79 Å². The molecule has 1 aliphatic rings. The number of anilines is 5. The highest BCUT2D eigenvalue weighted by Crippen LogP contribution is 2.28. The molecular weight excluding hydrogens is 600 g/mol. The summed E-state index contributed by atoms with van der Waals surface area (Å²) in [4.78, 5) is 41.1. The number of piperazine rings is 1. The van der Waals surface area contributed by atoms with E-state index in [4.69, 9.17) is 0 Å². The number of hydrogen-bond acceptors (Lipinski definition) is 8. The van der Waals surface area contributed by atoms with Gasteiger partial charge in [-0.2, -0.15) is 0 Å². The number of para-hydroxylation sites is 1. The highest BCUT2D eigenvalue weighted by atomic mass is 16.2. The molecule has 2 amide bonds. The van der Waals surface area contributed by atoms with Gasteiger partial charge in [0.1, 0.15) is 0 Å². The van der Waals surface area contributed by atoms with E-state index in [9.17, 15) is 9.59 Å². The van der Waals surface area contributed by atoms with Crippen LogP contribution < -0.4 is 20.9 Å². The van der Waals surface area contributed by atoms with E-state index in [1.165, 1.54) is 6.08 Å². The van der Waals surface area contributed by atoms with Crippen molar-refractivity contribution >= 4 is 40.5 Å². The second-order valence-electron chi connectivity index (χ2n) is 12.1. The summed E-state index contributed by atoms with van der Waals surface area (Å²) in [5, 5.41) is 9.16. The van der Waals surface area contributed by atoms with Crippen molar-refractivity contribution in [3.63, 3.8) is 0 Å². The van der Waals surface area contributed by atoms with Crippen molar-refractivity contribution < 1.29 is 9.59 Å². The molecule has 0 bridgehead atoms. The van der Waals surface area contributed by atoms with Crippen molar-refractivity contribution in [1.82, 2.24) is 19.8 Å². The zero-order valence-corrected chi connectivity index (χ0v) is 28.2. The monoisotopic (exact) mass is 642 g/mol. The molecule has 10 nitrogen and oxygen atoms in total. The molecule has 3 aromatic carbocycles. The maximum Gasteiger partial charge on any atom is 0.255 e. The molecule has 0 atom stereocenters. The molecule has 246 valence electrons. The quantitative estimate of drug-likeness (QED) is 0.167. The van der Waals surface area contributed by atoms with Gasteiger partial charge in [0.25, 0.3) is 5.91 Å². The minimum atomic E-state index is -0.218. The summed E-state index contributed by atoms with van der Waals surface area (Å²) in [6.07, 6.45) is 6.61. The molecule has 1 fully saturated rings. The maximum atomic E-state index is 13.1. The Balaban J connectivity index is 1.22. The van der Waals surface area contributed by atoms with E-state index in [2.05, 4.69) is 66.7 Å². The number of aryl methyl sites for hydroxylation is 2. The number of carbonyl (C=O) groups excluding carboxylic acids is 2. The number of aromatic nitrogens is 2. The van der Waals surface area contributed by atoms with Crippen LogP contribution >= 0.6 is 0 Å². The largest absolute Gasteiger partial charge is 0.369 e. The van der Waals surface area contributed by atoms with Gasteiger partial charge in [0.05, 0.1) is 16.9 Å². The van der Waals surface area contributed by atoms with E-state index in [1.54, 1.807) is 24.5 Å². The number of hydrogen-bond donors (Lipinski definition) is 3. The molecule has 1 aromatic heterocycles. The number of nitrogens with zero attached hydrogens (tertiary/aromatic N) is 5. The van der Waals surface area contributed by atoms with Crippen LogP contribution in [-0.4, -0.2) is 85.4 Å². The number of carbonyl (C=O) groups is 2. The van der Waals surface area contributed by atoms with Crippen molar-refractivity contribution in [1.29, 1.82) is 0 Å². The minimum Gasteiger partial charge on any atom is -0.369 e. The molecule has 0 radical (unpaired) electrons. The van der Waals surface area contributed by atoms with Crippen LogP contribution in [0.3, 0.4) is 0 Å². The van der Waals surface area contributed by atoms with Gasteiger partial charge in [0, 0.05) is 73.7 Å². The molecule has 0 aliphatic carbocycles. The molecule has 4 aromatic rings. The lowest BCUT2D eigenvalue weighted by atomic mass is 10.0. The Kier molecular flexibility index (Phi) is 11.2. The van der Waals surface area contributed by atoms with Gasteiger partial charge in [-0.25, -0.2) is 9.97 Å². The van der Waals surface area contributed by atoms with Crippen molar-refractivity contribution in [2.75, 3.05) is 74.7 Å². The summed E-state index contributed by atoms with van der Waals surface area (Å²) in [5.74, 6) is 6.25. The third-order valence-electron chi connectivity index (χ3n) is 7.99. The molecule has 1 aliphatic heterocycles. The highest BCUT2D eigenvalue weighted by molar-refractivity contribution is 6.04. The molecule has 10 heteroatoms. The highest BCUT2D eigenvalue weighted by Gasteiger charge is 2.15. The average molecular weight is 643 g/mol. The summed E-state index contributed by atoms with van der Waals surface area (Å²) < 4.78 is 0. The fourth-order valence-corrected chi connectivity index (χ4v) is 5.11. The minimum absolute atomic E-state index is 0.194. The fraction of sp³-hybridized carbons (Fsp3) is 0.263. The maximum absolute atomic E-state index is 13.1. The van der Waals surface area contributed by atoms with E-state index in [0.29, 0.717) is 35.0 Å². The van der Waals surface area contributed by atoms with Crippen LogP contribution in [0.2, 0.25) is 0 Å². The van der Waals surface area contributed by atoms with Gasteiger partial charge in [-0.15, -0.1) is 0 Å². The SMILES string of the molecule is Cc1ccc(C(=O)Nc2ccc(N3CCN(C)CC3)cc2)cc1C#Cc1cnc(Nc2c(C)cccc2NC(=O)/C=C/CN(C)C)nc1. The molecular formula is C38H42N8O2. The summed E-state index contributed by atoms with van der Waals surface area (Å²) >= 11 is 0. The van der Waals surface area contributed by atoms with Crippen molar-refractivity contribution in [3.8, 4) is 11.8 Å². The van der Waals surface area contributed by atoms with E-state index in [-0.39, 0.29) is 11.8 Å². The van der Waals surface area contributed by atoms with Crippen molar-refractivity contribution in [3.05, 3.63) is 113 Å². The lowest BCUT2D eigenvalue weighted by molar-refractivity contribution is -0.111. The summed E-state index contributed by atoms with van der Waals surface area (Å²) in [6, 6.07) is 19.2. The molecule has 0 saturated carbocycles. The lowest BCUT2D eigenvalue weighted by Gasteiger charge is -2.34. The van der Waals surface area contributed by atoms with Gasteiger partial charge in [-0.1, -0.05) is 36.1 Å². The number of benzene rings is 3. The number of amides is 2. The van der Waals surface area contributed by atoms with E-state index >= 15 is 0 Å². The zero-order chi connectivity index (χ0) is 34.0. The van der Waals surface area contributed by atoms with Crippen molar-refractivity contribution in [2.24, 2.45) is 0 Å². The summed E-state index contributed by atoms with van der Waals surface area (Å²) in [7, 11) is 6.03. The van der Waals surface area contributed by atoms with Crippen LogP contribution in [0, 0.1) is 25.7 Å². The molecule has 0 unspecified atom stereocenters. The first kappa shape index (κ1) is 33.9. The Morgan fingerprint density at radius 1 is 0.896 bits per heavy atom. The first-order valence-corrected chi connectivity index (χ1v) is 15.9. The molecule has 5 rings (SSSR count). The van der Waals surface area contributed by atoms with Crippen LogP contribution in [0.5, 0.6) is 0 Å². The third-order valence-corrected chi connectivity index (χ3v) is 7.99. The topological polar surface area (TPSA) is 106 Å². The second kappa shape index (κ2) is 15.9. The Labute approximate surface area is 282 Å². The molecule has 0 spiro atoms. The lowest BCUT2D eigenvalue weighted by Crippen LogP contribution is -2.44. The number of likely N-dealkylation sites (N-methyl/N-ethyl adjacent to an activating group) is 2. The van der Waals surface area contributed by atoms with Crippen LogP contribution in [0.4, 0.5) is 28.7 Å². The molecule has 48 heavy (non-hydrogen) atoms. The predicted octanol–water partition coefficient (Wildman–Crippen LogP) is 5.30.